The zero-order valence-electron chi connectivity index (χ0n) is 16.8. The van der Waals surface area contributed by atoms with Crippen molar-refractivity contribution >= 4 is 21.8 Å². The fourth-order valence-electron chi connectivity index (χ4n) is 3.08. The van der Waals surface area contributed by atoms with Gasteiger partial charge in [0.05, 0.1) is 0 Å². The average Bonchev–Trinajstić information content (AvgIpc) is 2.73. The number of benzene rings is 3. The Morgan fingerprint density at radius 2 is 1.55 bits per heavy atom. The van der Waals surface area contributed by atoms with Gasteiger partial charge < -0.3 is 10.1 Å². The molecule has 0 heterocycles. The van der Waals surface area contributed by atoms with Crippen molar-refractivity contribution in [2.24, 2.45) is 5.41 Å². The number of halogens is 1. The van der Waals surface area contributed by atoms with E-state index in [0.29, 0.717) is 18.7 Å². The number of ether oxygens (including phenoxy) is 1. The van der Waals surface area contributed by atoms with E-state index in [1.54, 1.807) is 12.1 Å². The van der Waals surface area contributed by atoms with Gasteiger partial charge in [-0.3, -0.25) is 4.79 Å². The third kappa shape index (κ3) is 6.75. The van der Waals surface area contributed by atoms with E-state index in [1.165, 1.54) is 5.56 Å². The maximum atomic E-state index is 12.5. The Labute approximate surface area is 181 Å². The van der Waals surface area contributed by atoms with Crippen molar-refractivity contribution in [3.8, 4) is 5.75 Å². The van der Waals surface area contributed by atoms with Crippen LogP contribution in [0.3, 0.4) is 0 Å². The molecule has 0 aliphatic heterocycles. The standard InChI is InChI=1S/C25H26BrNO2/c1-25(2,16-19-8-12-22(26)13-9-19)18-27-24(28)21-10-14-23(15-11-21)29-17-20-6-4-3-5-7-20/h3-15H,16-18H2,1-2H3,(H,27,28). The van der Waals surface area contributed by atoms with E-state index in [4.69, 9.17) is 4.74 Å². The van der Waals surface area contributed by atoms with Crippen molar-refractivity contribution in [3.05, 3.63) is 100 Å². The van der Waals surface area contributed by atoms with Crippen LogP contribution in [0.4, 0.5) is 0 Å². The van der Waals surface area contributed by atoms with Crippen LogP contribution in [0, 0.1) is 5.41 Å². The summed E-state index contributed by atoms with van der Waals surface area (Å²) in [7, 11) is 0. The lowest BCUT2D eigenvalue weighted by atomic mass is 9.85. The smallest absolute Gasteiger partial charge is 0.251 e. The van der Waals surface area contributed by atoms with E-state index in [0.717, 1.165) is 22.2 Å². The lowest BCUT2D eigenvalue weighted by molar-refractivity contribution is 0.0936. The highest BCUT2D eigenvalue weighted by molar-refractivity contribution is 9.10. The van der Waals surface area contributed by atoms with Gasteiger partial charge in [0.2, 0.25) is 0 Å². The Kier molecular flexibility index (Phi) is 7.10. The van der Waals surface area contributed by atoms with Crippen molar-refractivity contribution in [1.29, 1.82) is 0 Å². The van der Waals surface area contributed by atoms with Crippen LogP contribution in [0.5, 0.6) is 5.75 Å². The van der Waals surface area contributed by atoms with Gasteiger partial charge in [-0.25, -0.2) is 0 Å². The highest BCUT2D eigenvalue weighted by Crippen LogP contribution is 2.22. The van der Waals surface area contributed by atoms with Crippen molar-refractivity contribution in [2.75, 3.05) is 6.54 Å². The van der Waals surface area contributed by atoms with Crippen molar-refractivity contribution in [2.45, 2.75) is 26.9 Å². The summed E-state index contributed by atoms with van der Waals surface area (Å²) in [6.45, 7) is 5.44. The maximum absolute atomic E-state index is 12.5. The Morgan fingerprint density at radius 3 is 2.21 bits per heavy atom. The average molecular weight is 452 g/mol. The van der Waals surface area contributed by atoms with Gasteiger partial charge >= 0.3 is 0 Å². The molecule has 0 aliphatic carbocycles. The number of amides is 1. The van der Waals surface area contributed by atoms with Gasteiger partial charge in [0.1, 0.15) is 12.4 Å². The van der Waals surface area contributed by atoms with Crippen LogP contribution in [-0.4, -0.2) is 12.5 Å². The second kappa shape index (κ2) is 9.75. The molecule has 0 bridgehead atoms. The number of rotatable bonds is 8. The molecule has 3 aromatic rings. The molecule has 0 saturated heterocycles. The van der Waals surface area contributed by atoms with Crippen molar-refractivity contribution < 1.29 is 9.53 Å². The molecule has 3 rings (SSSR count). The van der Waals surface area contributed by atoms with E-state index >= 15 is 0 Å². The quantitative estimate of drug-likeness (QED) is 0.454. The largest absolute Gasteiger partial charge is 0.489 e. The first kappa shape index (κ1) is 21.1. The summed E-state index contributed by atoms with van der Waals surface area (Å²) in [5.74, 6) is 0.685. The molecule has 4 heteroatoms. The molecular weight excluding hydrogens is 426 g/mol. The molecular formula is C25H26BrNO2. The van der Waals surface area contributed by atoms with E-state index < -0.39 is 0 Å². The zero-order chi connectivity index (χ0) is 20.7. The minimum Gasteiger partial charge on any atom is -0.489 e. The lowest BCUT2D eigenvalue weighted by Crippen LogP contribution is -2.35. The molecule has 1 N–H and O–H groups in total. The molecule has 0 spiro atoms. The Bertz CT molecular complexity index is 919. The maximum Gasteiger partial charge on any atom is 0.251 e. The first-order valence-electron chi connectivity index (χ1n) is 9.71. The molecule has 0 radical (unpaired) electrons. The third-order valence-corrected chi connectivity index (χ3v) is 5.22. The number of nitrogens with one attached hydrogen (secondary N) is 1. The fourth-order valence-corrected chi connectivity index (χ4v) is 3.35. The summed E-state index contributed by atoms with van der Waals surface area (Å²) in [5.41, 5.74) is 2.97. The van der Waals surface area contributed by atoms with Crippen molar-refractivity contribution in [1.82, 2.24) is 5.32 Å². The van der Waals surface area contributed by atoms with Crippen LogP contribution in [0.2, 0.25) is 0 Å². The van der Waals surface area contributed by atoms with Gasteiger partial charge in [-0.05, 0) is 59.4 Å². The second-order valence-electron chi connectivity index (χ2n) is 7.95. The summed E-state index contributed by atoms with van der Waals surface area (Å²) in [6, 6.07) is 25.6. The molecule has 1 amide bonds. The van der Waals surface area contributed by atoms with Crippen LogP contribution < -0.4 is 10.1 Å². The molecule has 0 aromatic heterocycles. The molecule has 150 valence electrons. The number of hydrogen-bond donors (Lipinski definition) is 1. The van der Waals surface area contributed by atoms with Gasteiger partial charge in [-0.2, -0.15) is 0 Å². The van der Waals surface area contributed by atoms with Gasteiger partial charge in [0.15, 0.2) is 0 Å². The summed E-state index contributed by atoms with van der Waals surface area (Å²) < 4.78 is 6.85. The third-order valence-electron chi connectivity index (χ3n) is 4.69. The van der Waals surface area contributed by atoms with Crippen LogP contribution in [-0.2, 0) is 13.0 Å². The predicted octanol–water partition coefficient (Wildman–Crippen LogP) is 6.03. The van der Waals surface area contributed by atoms with E-state index in [9.17, 15) is 4.79 Å². The van der Waals surface area contributed by atoms with E-state index in [-0.39, 0.29) is 11.3 Å². The molecule has 29 heavy (non-hydrogen) atoms. The van der Waals surface area contributed by atoms with Crippen LogP contribution >= 0.6 is 15.9 Å². The normalized spacial score (nSPS) is 11.1. The topological polar surface area (TPSA) is 38.3 Å². The molecule has 3 nitrogen and oxygen atoms in total. The molecule has 0 aliphatic rings. The highest BCUT2D eigenvalue weighted by Gasteiger charge is 2.20. The Balaban J connectivity index is 1.50. The minimum absolute atomic E-state index is 0.0395. The fraction of sp³-hybridized carbons (Fsp3) is 0.240. The molecule has 0 fully saturated rings. The zero-order valence-corrected chi connectivity index (χ0v) is 18.4. The van der Waals surface area contributed by atoms with Crippen LogP contribution in [0.1, 0.15) is 35.3 Å². The molecule has 0 atom stereocenters. The Hall–Kier alpha value is -2.59. The highest BCUT2D eigenvalue weighted by atomic mass is 79.9. The first-order chi connectivity index (χ1) is 13.9. The van der Waals surface area contributed by atoms with E-state index in [2.05, 4.69) is 47.2 Å². The number of carbonyl (C=O) groups excluding carboxylic acids is 1. The SMILES string of the molecule is CC(C)(CNC(=O)c1ccc(OCc2ccccc2)cc1)Cc1ccc(Br)cc1. The van der Waals surface area contributed by atoms with Crippen LogP contribution in [0.25, 0.3) is 0 Å². The van der Waals surface area contributed by atoms with Gasteiger partial charge in [0, 0.05) is 16.6 Å². The Morgan fingerprint density at radius 1 is 0.897 bits per heavy atom. The second-order valence-corrected chi connectivity index (χ2v) is 8.86. The molecule has 0 saturated carbocycles. The predicted molar refractivity (Wildman–Crippen MR) is 121 cm³/mol. The van der Waals surface area contributed by atoms with Crippen molar-refractivity contribution in [3.63, 3.8) is 0 Å². The minimum atomic E-state index is -0.0662. The monoisotopic (exact) mass is 451 g/mol. The lowest BCUT2D eigenvalue weighted by Gasteiger charge is -2.25. The molecule has 3 aromatic carbocycles. The van der Waals surface area contributed by atoms with Gasteiger partial charge in [-0.15, -0.1) is 0 Å². The summed E-state index contributed by atoms with van der Waals surface area (Å²) in [5, 5.41) is 3.06. The molecule has 0 unspecified atom stereocenters. The first-order valence-corrected chi connectivity index (χ1v) is 10.5. The van der Waals surface area contributed by atoms with Gasteiger partial charge in [-0.1, -0.05) is 72.2 Å². The van der Waals surface area contributed by atoms with E-state index in [1.807, 2.05) is 54.6 Å². The number of hydrogen-bond acceptors (Lipinski definition) is 2. The number of carbonyl (C=O) groups is 1. The van der Waals surface area contributed by atoms with Gasteiger partial charge in [0.25, 0.3) is 5.91 Å². The van der Waals surface area contributed by atoms with Crippen LogP contribution in [0.15, 0.2) is 83.3 Å². The summed E-state index contributed by atoms with van der Waals surface area (Å²) >= 11 is 3.46. The summed E-state index contributed by atoms with van der Waals surface area (Å²) in [6.07, 6.45) is 0.896. The summed E-state index contributed by atoms with van der Waals surface area (Å²) in [4.78, 5) is 12.5.